The maximum Gasteiger partial charge on any atom is 0.337 e. The predicted octanol–water partition coefficient (Wildman–Crippen LogP) is 4.29. The van der Waals surface area contributed by atoms with Gasteiger partial charge in [0.05, 0.1) is 10.6 Å². The largest absolute Gasteiger partial charge is 0.478 e. The topological polar surface area (TPSA) is 78.4 Å². The third-order valence-electron chi connectivity index (χ3n) is 2.54. The minimum Gasteiger partial charge on any atom is -0.478 e. The highest BCUT2D eigenvalue weighted by atomic mass is 127. The van der Waals surface area contributed by atoms with Crippen molar-refractivity contribution in [1.82, 2.24) is 0 Å². The Kier molecular flexibility index (Phi) is 5.03. The number of benzene rings is 2. The molecule has 108 valence electrons. The quantitative estimate of drug-likeness (QED) is 0.653. The van der Waals surface area contributed by atoms with E-state index in [-0.39, 0.29) is 10.6 Å². The van der Waals surface area contributed by atoms with E-state index in [1.165, 1.54) is 18.2 Å². The molecule has 3 N–H and O–H groups in total. The summed E-state index contributed by atoms with van der Waals surface area (Å²) in [6, 6.07) is 11.1. The minimum absolute atomic E-state index is 0.0660. The van der Waals surface area contributed by atoms with Crippen LogP contribution in [0.3, 0.4) is 0 Å². The molecule has 0 fully saturated rings. The number of hydrogen-bond donors (Lipinski definition) is 3. The minimum atomic E-state index is -1.15. The fourth-order valence-electron chi connectivity index (χ4n) is 1.63. The Morgan fingerprint density at radius 3 is 2.33 bits per heavy atom. The summed E-state index contributed by atoms with van der Waals surface area (Å²) in [5.74, 6) is -1.15. The molecular weight excluding hydrogens is 407 g/mol. The fraction of sp³-hybridized carbons (Fsp3) is 0. The van der Waals surface area contributed by atoms with Crippen molar-refractivity contribution in [3.63, 3.8) is 0 Å². The number of aromatic carboxylic acids is 1. The Morgan fingerprint density at radius 1 is 1.05 bits per heavy atom. The van der Waals surface area contributed by atoms with Crippen LogP contribution in [0.1, 0.15) is 10.4 Å². The zero-order chi connectivity index (χ0) is 15.4. The van der Waals surface area contributed by atoms with Gasteiger partial charge in [-0.3, -0.25) is 0 Å². The summed E-state index contributed by atoms with van der Waals surface area (Å²) in [7, 11) is 0. The molecule has 0 bridgehead atoms. The van der Waals surface area contributed by atoms with Crippen LogP contribution in [0.25, 0.3) is 0 Å². The van der Waals surface area contributed by atoms with Gasteiger partial charge in [0.15, 0.2) is 0 Å². The number of anilines is 2. The molecule has 0 aliphatic carbocycles. The molecule has 7 heteroatoms. The summed E-state index contributed by atoms with van der Waals surface area (Å²) in [6.45, 7) is 0. The molecule has 0 saturated heterocycles. The molecule has 2 rings (SSSR count). The van der Waals surface area contributed by atoms with Crippen molar-refractivity contribution in [2.24, 2.45) is 0 Å². The Morgan fingerprint density at radius 2 is 1.71 bits per heavy atom. The SMILES string of the molecule is O=C(Nc1cccc(I)c1)Nc1ccc(Cl)c(C(=O)O)c1. The van der Waals surface area contributed by atoms with E-state index in [9.17, 15) is 9.59 Å². The molecule has 2 aromatic rings. The molecule has 0 heterocycles. The van der Waals surface area contributed by atoms with E-state index in [0.717, 1.165) is 3.57 Å². The van der Waals surface area contributed by atoms with Crippen molar-refractivity contribution >= 4 is 57.6 Å². The lowest BCUT2D eigenvalue weighted by Gasteiger charge is -2.09. The number of halogens is 2. The molecule has 0 saturated carbocycles. The average molecular weight is 417 g/mol. The predicted molar refractivity (Wildman–Crippen MR) is 90.2 cm³/mol. The highest BCUT2D eigenvalue weighted by Gasteiger charge is 2.11. The smallest absolute Gasteiger partial charge is 0.337 e. The number of carbonyl (C=O) groups is 2. The first-order chi connectivity index (χ1) is 9.95. The standard InChI is InChI=1S/C14H10ClIN2O3/c15-12-5-4-10(7-11(12)13(19)20)18-14(21)17-9-3-1-2-8(16)6-9/h1-7H,(H,19,20)(H2,17,18,21). The number of carbonyl (C=O) groups excluding carboxylic acids is 1. The van der Waals surface area contributed by atoms with Crippen LogP contribution in [-0.2, 0) is 0 Å². The van der Waals surface area contributed by atoms with Gasteiger partial charge < -0.3 is 15.7 Å². The number of carboxylic acid groups (broad SMARTS) is 1. The lowest BCUT2D eigenvalue weighted by atomic mass is 10.2. The van der Waals surface area contributed by atoms with Crippen LogP contribution in [-0.4, -0.2) is 17.1 Å². The van der Waals surface area contributed by atoms with Gasteiger partial charge in [0.2, 0.25) is 0 Å². The van der Waals surface area contributed by atoms with Crippen LogP contribution in [0, 0.1) is 3.57 Å². The van der Waals surface area contributed by atoms with Crippen molar-refractivity contribution < 1.29 is 14.7 Å². The first-order valence-electron chi connectivity index (χ1n) is 5.82. The zero-order valence-electron chi connectivity index (χ0n) is 10.6. The lowest BCUT2D eigenvalue weighted by molar-refractivity contribution is 0.0697. The van der Waals surface area contributed by atoms with Crippen LogP contribution < -0.4 is 10.6 Å². The average Bonchev–Trinajstić information content (AvgIpc) is 2.40. The van der Waals surface area contributed by atoms with Crippen LogP contribution in [0.15, 0.2) is 42.5 Å². The van der Waals surface area contributed by atoms with Gasteiger partial charge in [0, 0.05) is 14.9 Å². The van der Waals surface area contributed by atoms with Gasteiger partial charge in [-0.25, -0.2) is 9.59 Å². The Balaban J connectivity index is 2.09. The molecule has 5 nitrogen and oxygen atoms in total. The first kappa shape index (κ1) is 15.6. The van der Waals surface area contributed by atoms with Crippen LogP contribution >= 0.6 is 34.2 Å². The van der Waals surface area contributed by atoms with Crippen molar-refractivity contribution in [3.05, 3.63) is 56.6 Å². The van der Waals surface area contributed by atoms with E-state index in [1.807, 2.05) is 18.2 Å². The highest BCUT2D eigenvalue weighted by Crippen LogP contribution is 2.21. The second-order valence-corrected chi connectivity index (χ2v) is 5.74. The summed E-state index contributed by atoms with van der Waals surface area (Å²) in [5.41, 5.74) is 0.926. The molecule has 0 radical (unpaired) electrons. The molecule has 0 aliphatic rings. The normalized spacial score (nSPS) is 10.0. The van der Waals surface area contributed by atoms with Crippen LogP contribution in [0.5, 0.6) is 0 Å². The third-order valence-corrected chi connectivity index (χ3v) is 3.54. The molecule has 2 amide bonds. The summed E-state index contributed by atoms with van der Waals surface area (Å²) < 4.78 is 0.991. The summed E-state index contributed by atoms with van der Waals surface area (Å²) in [5, 5.41) is 14.3. The maximum atomic E-state index is 11.9. The molecule has 0 spiro atoms. The summed E-state index contributed by atoms with van der Waals surface area (Å²) in [6.07, 6.45) is 0. The Labute approximate surface area is 139 Å². The molecule has 0 aliphatic heterocycles. The van der Waals surface area contributed by atoms with Gasteiger partial charge in [0.25, 0.3) is 0 Å². The van der Waals surface area contributed by atoms with Gasteiger partial charge in [-0.05, 0) is 59.0 Å². The second-order valence-electron chi connectivity index (χ2n) is 4.09. The highest BCUT2D eigenvalue weighted by molar-refractivity contribution is 14.1. The zero-order valence-corrected chi connectivity index (χ0v) is 13.5. The lowest BCUT2D eigenvalue weighted by Crippen LogP contribution is -2.19. The van der Waals surface area contributed by atoms with Crippen molar-refractivity contribution in [2.75, 3.05) is 10.6 Å². The molecule has 0 atom stereocenters. The third kappa shape index (κ3) is 4.33. The molecule has 21 heavy (non-hydrogen) atoms. The van der Waals surface area contributed by atoms with E-state index < -0.39 is 12.0 Å². The summed E-state index contributed by atoms with van der Waals surface area (Å²) in [4.78, 5) is 22.8. The van der Waals surface area contributed by atoms with Gasteiger partial charge >= 0.3 is 12.0 Å². The fourth-order valence-corrected chi connectivity index (χ4v) is 2.37. The summed E-state index contributed by atoms with van der Waals surface area (Å²) >= 11 is 7.90. The molecule has 0 aromatic heterocycles. The molecule has 0 unspecified atom stereocenters. The monoisotopic (exact) mass is 416 g/mol. The van der Waals surface area contributed by atoms with E-state index in [4.69, 9.17) is 16.7 Å². The van der Waals surface area contributed by atoms with Crippen molar-refractivity contribution in [2.45, 2.75) is 0 Å². The number of urea groups is 1. The number of carboxylic acids is 1. The van der Waals surface area contributed by atoms with E-state index >= 15 is 0 Å². The van der Waals surface area contributed by atoms with Crippen LogP contribution in [0.4, 0.5) is 16.2 Å². The number of nitrogens with one attached hydrogen (secondary N) is 2. The Hall–Kier alpha value is -1.80. The van der Waals surface area contributed by atoms with E-state index in [2.05, 4.69) is 33.2 Å². The van der Waals surface area contributed by atoms with Crippen molar-refractivity contribution in [3.8, 4) is 0 Å². The second kappa shape index (κ2) is 6.77. The Bertz CT molecular complexity index is 706. The van der Waals surface area contributed by atoms with Gasteiger partial charge in [-0.2, -0.15) is 0 Å². The van der Waals surface area contributed by atoms with Gasteiger partial charge in [-0.15, -0.1) is 0 Å². The van der Waals surface area contributed by atoms with Crippen LogP contribution in [0.2, 0.25) is 5.02 Å². The van der Waals surface area contributed by atoms with E-state index in [1.54, 1.807) is 6.07 Å². The maximum absolute atomic E-state index is 11.9. The van der Waals surface area contributed by atoms with Gasteiger partial charge in [0.1, 0.15) is 0 Å². The number of rotatable bonds is 3. The first-order valence-corrected chi connectivity index (χ1v) is 7.28. The van der Waals surface area contributed by atoms with E-state index in [0.29, 0.717) is 11.4 Å². The molecule has 2 aromatic carbocycles. The number of hydrogen-bond acceptors (Lipinski definition) is 2. The van der Waals surface area contributed by atoms with Crippen molar-refractivity contribution in [1.29, 1.82) is 0 Å². The van der Waals surface area contributed by atoms with Gasteiger partial charge in [-0.1, -0.05) is 17.7 Å². The molecular formula is C14H10ClIN2O3. The number of amides is 2.